The van der Waals surface area contributed by atoms with Crippen LogP contribution in [0.4, 0.5) is 13.2 Å². The molecule has 0 spiro atoms. The van der Waals surface area contributed by atoms with Crippen molar-refractivity contribution in [2.75, 3.05) is 7.11 Å². The van der Waals surface area contributed by atoms with E-state index < -0.39 is 23.3 Å². The largest absolute Gasteiger partial charge is 0.464 e. The number of alkyl halides is 3. The van der Waals surface area contributed by atoms with Gasteiger partial charge in [0.25, 0.3) is 0 Å². The molecule has 9 heteroatoms. The average Bonchev–Trinajstić information content (AvgIpc) is 2.66. The van der Waals surface area contributed by atoms with Gasteiger partial charge in [0.05, 0.1) is 18.1 Å². The first-order valence-corrected chi connectivity index (χ1v) is 7.88. The Balaban J connectivity index is 2.57. The summed E-state index contributed by atoms with van der Waals surface area (Å²) in [5, 5.41) is -0.0434. The van der Waals surface area contributed by atoms with Crippen LogP contribution < -0.4 is 11.2 Å². The van der Waals surface area contributed by atoms with Crippen molar-refractivity contribution in [1.82, 2.24) is 9.55 Å². The molecule has 140 valence electrons. The average molecular weight is 378 g/mol. The molecule has 0 saturated heterocycles. The third-order valence-electron chi connectivity index (χ3n) is 4.05. The zero-order chi connectivity index (χ0) is 19.8. The summed E-state index contributed by atoms with van der Waals surface area (Å²) in [6.07, 6.45) is -4.71. The van der Waals surface area contributed by atoms with Crippen LogP contribution in [-0.4, -0.2) is 22.6 Å². The van der Waals surface area contributed by atoms with Crippen LogP contribution in [-0.2, 0) is 17.5 Å². The molecule has 3 aromatic rings. The number of nitrogens with zero attached hydrogens (tertiary/aromatic N) is 2. The van der Waals surface area contributed by atoms with Gasteiger partial charge >= 0.3 is 12.1 Å². The normalized spacial score (nSPS) is 11.6. The number of hydrogen-bond acceptors (Lipinski definition) is 4. The topological polar surface area (TPSA) is 88.8 Å². The summed E-state index contributed by atoms with van der Waals surface area (Å²) in [5.74, 6) is -0.865. The van der Waals surface area contributed by atoms with Crippen LogP contribution >= 0.6 is 0 Å². The Morgan fingerprint density at radius 1 is 1.19 bits per heavy atom. The van der Waals surface area contributed by atoms with E-state index in [4.69, 9.17) is 4.74 Å². The molecule has 2 aromatic heterocycles. The highest BCUT2D eigenvalue weighted by molar-refractivity contribution is 5.94. The fourth-order valence-corrected chi connectivity index (χ4v) is 2.84. The fraction of sp³-hybridized carbons (Fsp3) is 0.167. The Hall–Kier alpha value is -3.20. The molecule has 3 rings (SSSR count). The zero-order valence-corrected chi connectivity index (χ0v) is 14.2. The summed E-state index contributed by atoms with van der Waals surface area (Å²) < 4.78 is 45.5. The van der Waals surface area contributed by atoms with E-state index in [2.05, 4.69) is 10.7 Å². The van der Waals surface area contributed by atoms with Crippen molar-refractivity contribution in [3.05, 3.63) is 69.6 Å². The molecular formula is C18H15F3N3O3+. The molecule has 0 unspecified atom stereocenters. The Bertz CT molecular complexity index is 1080. The van der Waals surface area contributed by atoms with Crippen molar-refractivity contribution in [3.63, 3.8) is 0 Å². The number of ether oxygens (including phenoxy) is 1. The van der Waals surface area contributed by atoms with Crippen molar-refractivity contribution in [1.29, 1.82) is 0 Å². The Kier molecular flexibility index (Phi) is 4.71. The Morgan fingerprint density at radius 2 is 1.85 bits per heavy atom. The number of aromatic nitrogens is 2. The van der Waals surface area contributed by atoms with Gasteiger partial charge in [0.1, 0.15) is 23.6 Å². The summed E-state index contributed by atoms with van der Waals surface area (Å²) >= 11 is 0. The number of methoxy groups -OCH3 is 1. The minimum absolute atomic E-state index is 0.0414. The van der Waals surface area contributed by atoms with Gasteiger partial charge in [-0.15, -0.1) is 0 Å². The zero-order valence-electron chi connectivity index (χ0n) is 14.2. The number of hydrogen-bond donors (Lipinski definition) is 1. The molecular weight excluding hydrogens is 363 g/mol. The lowest BCUT2D eigenvalue weighted by Crippen LogP contribution is -2.50. The number of carbonyl (C=O) groups excluding carboxylic acids is 1. The highest BCUT2D eigenvalue weighted by Gasteiger charge is 2.34. The molecule has 27 heavy (non-hydrogen) atoms. The van der Waals surface area contributed by atoms with E-state index in [0.717, 1.165) is 19.2 Å². The van der Waals surface area contributed by atoms with Crippen molar-refractivity contribution in [3.8, 4) is 5.69 Å². The molecule has 0 radical (unpaired) electrons. The van der Waals surface area contributed by atoms with Gasteiger partial charge in [-0.3, -0.25) is 9.36 Å². The lowest BCUT2D eigenvalue weighted by molar-refractivity contribution is -0.386. The maximum absolute atomic E-state index is 13.2. The van der Waals surface area contributed by atoms with Crippen molar-refractivity contribution < 1.29 is 28.4 Å². The summed E-state index contributed by atoms with van der Waals surface area (Å²) in [5.41, 5.74) is 1.83. The summed E-state index contributed by atoms with van der Waals surface area (Å²) in [7, 11) is 1.12. The first-order valence-electron chi connectivity index (χ1n) is 7.88. The number of esters is 1. The molecule has 0 saturated carbocycles. The molecule has 2 heterocycles. The van der Waals surface area contributed by atoms with Crippen molar-refractivity contribution in [2.24, 2.45) is 0 Å². The van der Waals surface area contributed by atoms with Crippen LogP contribution in [0.2, 0.25) is 0 Å². The molecule has 6 nitrogen and oxygen atoms in total. The first-order chi connectivity index (χ1) is 12.8. The predicted octanol–water partition coefficient (Wildman–Crippen LogP) is 1.93. The molecule has 1 aromatic carbocycles. The summed E-state index contributed by atoms with van der Waals surface area (Å²) in [6, 6.07) is 9.99. The van der Waals surface area contributed by atoms with Crippen LogP contribution in [0.15, 0.2) is 47.3 Å². The molecule has 3 N–H and O–H groups in total. The van der Waals surface area contributed by atoms with Gasteiger partial charge < -0.3 is 10.5 Å². The van der Waals surface area contributed by atoms with E-state index >= 15 is 0 Å². The number of quaternary nitrogens is 1. The Morgan fingerprint density at radius 3 is 2.41 bits per heavy atom. The molecule has 0 fully saturated rings. The Labute approximate surface area is 151 Å². The number of rotatable bonds is 3. The SMILES string of the molecule is COC(=O)c1c(C[NH3+])c(=O)c2ccc(C(F)(F)F)nc2n1-c1ccccc1. The smallest absolute Gasteiger partial charge is 0.433 e. The van der Waals surface area contributed by atoms with Gasteiger partial charge in [-0.25, -0.2) is 9.78 Å². The number of para-hydroxylation sites is 1. The maximum Gasteiger partial charge on any atom is 0.433 e. The number of fused-ring (bicyclic) bond motifs is 1. The van der Waals surface area contributed by atoms with Crippen LogP contribution in [0.5, 0.6) is 0 Å². The number of carbonyl (C=O) groups is 1. The lowest BCUT2D eigenvalue weighted by atomic mass is 10.1. The summed E-state index contributed by atoms with van der Waals surface area (Å²) in [6.45, 7) is -0.0485. The highest BCUT2D eigenvalue weighted by atomic mass is 19.4. The quantitative estimate of drug-likeness (QED) is 0.706. The van der Waals surface area contributed by atoms with Gasteiger partial charge in [0.2, 0.25) is 5.43 Å². The second-order valence-electron chi connectivity index (χ2n) is 5.63. The van der Waals surface area contributed by atoms with Gasteiger partial charge in [-0.1, -0.05) is 18.2 Å². The van der Waals surface area contributed by atoms with E-state index in [1.54, 1.807) is 30.3 Å². The van der Waals surface area contributed by atoms with E-state index in [1.807, 2.05) is 0 Å². The van der Waals surface area contributed by atoms with Gasteiger partial charge in [-0.05, 0) is 24.3 Å². The van der Waals surface area contributed by atoms with Crippen molar-refractivity contribution >= 4 is 17.0 Å². The third kappa shape index (κ3) is 3.17. The highest BCUT2D eigenvalue weighted by Crippen LogP contribution is 2.30. The molecule has 0 amide bonds. The number of halogens is 3. The fourth-order valence-electron chi connectivity index (χ4n) is 2.84. The second kappa shape index (κ2) is 6.84. The monoisotopic (exact) mass is 378 g/mol. The first kappa shape index (κ1) is 18.6. The maximum atomic E-state index is 13.2. The molecule has 0 aliphatic carbocycles. The van der Waals surface area contributed by atoms with Gasteiger partial charge in [0, 0.05) is 5.69 Å². The van der Waals surface area contributed by atoms with Gasteiger partial charge in [-0.2, -0.15) is 13.2 Å². The van der Waals surface area contributed by atoms with Crippen LogP contribution in [0, 0.1) is 0 Å². The van der Waals surface area contributed by atoms with Gasteiger partial charge in [0.15, 0.2) is 0 Å². The van der Waals surface area contributed by atoms with Crippen molar-refractivity contribution in [2.45, 2.75) is 12.7 Å². The molecule has 0 aliphatic rings. The van der Waals surface area contributed by atoms with E-state index in [1.165, 1.54) is 4.57 Å². The molecule has 0 bridgehead atoms. The van der Waals surface area contributed by atoms with Crippen LogP contribution in [0.25, 0.3) is 16.7 Å². The number of pyridine rings is 2. The number of benzene rings is 1. The minimum atomic E-state index is -4.71. The minimum Gasteiger partial charge on any atom is -0.464 e. The molecule has 0 aliphatic heterocycles. The third-order valence-corrected chi connectivity index (χ3v) is 4.05. The van der Waals surface area contributed by atoms with E-state index in [9.17, 15) is 22.8 Å². The lowest BCUT2D eigenvalue weighted by Gasteiger charge is -2.18. The summed E-state index contributed by atoms with van der Waals surface area (Å²) in [4.78, 5) is 28.8. The van der Waals surface area contributed by atoms with E-state index in [-0.39, 0.29) is 28.8 Å². The second-order valence-corrected chi connectivity index (χ2v) is 5.63. The predicted molar refractivity (Wildman–Crippen MR) is 90.3 cm³/mol. The van der Waals surface area contributed by atoms with Crippen LogP contribution in [0.3, 0.4) is 0 Å². The van der Waals surface area contributed by atoms with Crippen LogP contribution in [0.1, 0.15) is 21.7 Å². The van der Waals surface area contributed by atoms with E-state index in [0.29, 0.717) is 5.69 Å². The molecule has 0 atom stereocenters. The standard InChI is InChI=1S/C18H14F3N3O3/c1-27-17(26)14-12(9-22)15(25)11-7-8-13(18(19,20)21)23-16(11)24(14)10-5-3-2-4-6-10/h2-8H,9,22H2,1H3/p+1.